The summed E-state index contributed by atoms with van der Waals surface area (Å²) in [5.74, 6) is -0.578. The van der Waals surface area contributed by atoms with Gasteiger partial charge in [-0.1, -0.05) is 34.1 Å². The topological polar surface area (TPSA) is 3.24 Å². The van der Waals surface area contributed by atoms with Gasteiger partial charge in [0.05, 0.1) is 5.69 Å². The van der Waals surface area contributed by atoms with Crippen LogP contribution in [0, 0.1) is 11.6 Å². The molecular formula is C15H14BrF2N. The fraction of sp³-hybridized carbons (Fsp3) is 0.200. The lowest BCUT2D eigenvalue weighted by Gasteiger charge is -2.24. The molecule has 0 fully saturated rings. The summed E-state index contributed by atoms with van der Waals surface area (Å²) >= 11 is 3.22. The lowest BCUT2D eigenvalue weighted by Crippen LogP contribution is -2.23. The molecule has 0 saturated heterocycles. The number of hydrogen-bond donors (Lipinski definition) is 0. The summed E-state index contributed by atoms with van der Waals surface area (Å²) in [5, 5.41) is 0. The Balaban J connectivity index is 2.27. The van der Waals surface area contributed by atoms with Gasteiger partial charge in [-0.25, -0.2) is 8.78 Å². The van der Waals surface area contributed by atoms with E-state index in [0.29, 0.717) is 28.8 Å². The van der Waals surface area contributed by atoms with Gasteiger partial charge in [-0.15, -0.1) is 0 Å². The molecule has 2 aromatic carbocycles. The summed E-state index contributed by atoms with van der Waals surface area (Å²) in [7, 11) is 0. The van der Waals surface area contributed by atoms with Gasteiger partial charge in [-0.2, -0.15) is 0 Å². The number of para-hydroxylation sites is 1. The van der Waals surface area contributed by atoms with Crippen molar-refractivity contribution in [3.05, 3.63) is 64.1 Å². The van der Waals surface area contributed by atoms with Gasteiger partial charge < -0.3 is 4.90 Å². The van der Waals surface area contributed by atoms with Crippen molar-refractivity contribution in [3.63, 3.8) is 0 Å². The van der Waals surface area contributed by atoms with Crippen LogP contribution in [-0.4, -0.2) is 6.54 Å². The Kier molecular flexibility index (Phi) is 4.53. The first-order chi connectivity index (χ1) is 9.11. The quantitative estimate of drug-likeness (QED) is 0.783. The average Bonchev–Trinajstić information content (AvgIpc) is 2.39. The van der Waals surface area contributed by atoms with Crippen molar-refractivity contribution in [3.8, 4) is 0 Å². The highest BCUT2D eigenvalue weighted by molar-refractivity contribution is 9.10. The number of anilines is 1. The fourth-order valence-electron chi connectivity index (χ4n) is 1.93. The maximum Gasteiger partial charge on any atom is 0.146 e. The summed E-state index contributed by atoms with van der Waals surface area (Å²) in [6, 6.07) is 11.5. The van der Waals surface area contributed by atoms with Crippen molar-refractivity contribution < 1.29 is 8.78 Å². The predicted molar refractivity (Wildman–Crippen MR) is 77.2 cm³/mol. The molecule has 0 heterocycles. The van der Waals surface area contributed by atoms with Crippen molar-refractivity contribution in [1.82, 2.24) is 0 Å². The molecule has 0 radical (unpaired) electrons. The lowest BCUT2D eigenvalue weighted by molar-refractivity contribution is 0.595. The van der Waals surface area contributed by atoms with Gasteiger partial charge in [-0.3, -0.25) is 0 Å². The van der Waals surface area contributed by atoms with Gasteiger partial charge in [-0.05, 0) is 31.2 Å². The average molecular weight is 326 g/mol. The van der Waals surface area contributed by atoms with Crippen molar-refractivity contribution >= 4 is 21.6 Å². The molecule has 0 saturated carbocycles. The Hall–Kier alpha value is -1.42. The molecule has 0 bridgehead atoms. The Labute approximate surface area is 120 Å². The van der Waals surface area contributed by atoms with E-state index in [1.54, 1.807) is 30.3 Å². The Morgan fingerprint density at radius 1 is 1.05 bits per heavy atom. The van der Waals surface area contributed by atoms with Crippen LogP contribution >= 0.6 is 15.9 Å². The number of rotatable bonds is 4. The van der Waals surface area contributed by atoms with E-state index in [1.165, 1.54) is 12.1 Å². The first-order valence-corrected chi connectivity index (χ1v) is 6.84. The molecule has 0 N–H and O–H groups in total. The number of benzene rings is 2. The van der Waals surface area contributed by atoms with Crippen LogP contribution < -0.4 is 4.90 Å². The number of nitrogens with zero attached hydrogens (tertiary/aromatic N) is 1. The van der Waals surface area contributed by atoms with Gasteiger partial charge in [0.1, 0.15) is 11.6 Å². The van der Waals surface area contributed by atoms with E-state index in [-0.39, 0.29) is 11.6 Å². The second-order valence-corrected chi connectivity index (χ2v) is 5.12. The first kappa shape index (κ1) is 14.0. The molecule has 0 aliphatic carbocycles. The van der Waals surface area contributed by atoms with Gasteiger partial charge in [0.2, 0.25) is 0 Å². The van der Waals surface area contributed by atoms with Crippen LogP contribution in [0.1, 0.15) is 12.5 Å². The second-order valence-electron chi connectivity index (χ2n) is 4.20. The maximum atomic E-state index is 13.8. The first-order valence-electron chi connectivity index (χ1n) is 6.05. The molecule has 0 aliphatic heterocycles. The number of halogens is 3. The van der Waals surface area contributed by atoms with E-state index in [0.717, 1.165) is 0 Å². The molecule has 19 heavy (non-hydrogen) atoms. The molecule has 1 nitrogen and oxygen atoms in total. The van der Waals surface area contributed by atoms with Crippen molar-refractivity contribution in [2.75, 3.05) is 11.4 Å². The summed E-state index contributed by atoms with van der Waals surface area (Å²) in [6.07, 6.45) is 0. The molecule has 0 aromatic heterocycles. The van der Waals surface area contributed by atoms with Crippen molar-refractivity contribution in [2.45, 2.75) is 13.5 Å². The molecule has 0 spiro atoms. The van der Waals surface area contributed by atoms with Crippen LogP contribution in [0.2, 0.25) is 0 Å². The van der Waals surface area contributed by atoms with Crippen LogP contribution in [0.25, 0.3) is 0 Å². The molecule has 0 aliphatic rings. The third-order valence-electron chi connectivity index (χ3n) is 2.95. The zero-order valence-electron chi connectivity index (χ0n) is 10.5. The lowest BCUT2D eigenvalue weighted by atomic mass is 10.2. The van der Waals surface area contributed by atoms with Crippen molar-refractivity contribution in [1.29, 1.82) is 0 Å². The molecule has 4 heteroatoms. The molecule has 100 valence electrons. The van der Waals surface area contributed by atoms with Gasteiger partial charge in [0.25, 0.3) is 0 Å². The highest BCUT2D eigenvalue weighted by Crippen LogP contribution is 2.23. The molecule has 0 unspecified atom stereocenters. The standard InChI is InChI=1S/C15H14BrF2N/c1-2-19(15-6-4-3-5-13(15)17)10-11-7-8-12(16)9-14(11)18/h3-9H,2,10H2,1H3. The van der Waals surface area contributed by atoms with Gasteiger partial charge >= 0.3 is 0 Å². The Morgan fingerprint density at radius 3 is 2.42 bits per heavy atom. The molecular weight excluding hydrogens is 312 g/mol. The van der Waals surface area contributed by atoms with E-state index < -0.39 is 0 Å². The summed E-state index contributed by atoms with van der Waals surface area (Å²) in [6.45, 7) is 2.87. The zero-order valence-corrected chi connectivity index (χ0v) is 12.1. The SMILES string of the molecule is CCN(Cc1ccc(Br)cc1F)c1ccccc1F. The van der Waals surface area contributed by atoms with E-state index >= 15 is 0 Å². The van der Waals surface area contributed by atoms with Gasteiger partial charge in [0.15, 0.2) is 0 Å². The Morgan fingerprint density at radius 2 is 1.79 bits per heavy atom. The minimum Gasteiger partial charge on any atom is -0.365 e. The Bertz CT molecular complexity index is 572. The smallest absolute Gasteiger partial charge is 0.146 e. The zero-order chi connectivity index (χ0) is 13.8. The summed E-state index contributed by atoms with van der Waals surface area (Å²) < 4.78 is 28.3. The molecule has 0 atom stereocenters. The van der Waals surface area contributed by atoms with Crippen LogP contribution in [0.5, 0.6) is 0 Å². The maximum absolute atomic E-state index is 13.8. The molecule has 2 aromatic rings. The monoisotopic (exact) mass is 325 g/mol. The predicted octanol–water partition coefficient (Wildman–Crippen LogP) is 4.75. The van der Waals surface area contributed by atoms with E-state index in [1.807, 2.05) is 11.8 Å². The van der Waals surface area contributed by atoms with E-state index in [9.17, 15) is 8.78 Å². The van der Waals surface area contributed by atoms with E-state index in [2.05, 4.69) is 15.9 Å². The van der Waals surface area contributed by atoms with Gasteiger partial charge in [0, 0.05) is 23.1 Å². The highest BCUT2D eigenvalue weighted by Gasteiger charge is 2.12. The van der Waals surface area contributed by atoms with Crippen LogP contribution in [0.3, 0.4) is 0 Å². The van der Waals surface area contributed by atoms with Crippen molar-refractivity contribution in [2.24, 2.45) is 0 Å². The minimum atomic E-state index is -0.290. The summed E-state index contributed by atoms with van der Waals surface area (Å²) in [5.41, 5.74) is 1.04. The van der Waals surface area contributed by atoms with E-state index in [4.69, 9.17) is 0 Å². The van der Waals surface area contributed by atoms with Crippen LogP contribution in [0.4, 0.5) is 14.5 Å². The second kappa shape index (κ2) is 6.15. The summed E-state index contributed by atoms with van der Waals surface area (Å²) in [4.78, 5) is 1.81. The molecule has 0 amide bonds. The minimum absolute atomic E-state index is 0.288. The van der Waals surface area contributed by atoms with Crippen LogP contribution in [0.15, 0.2) is 46.9 Å². The highest BCUT2D eigenvalue weighted by atomic mass is 79.9. The third-order valence-corrected chi connectivity index (χ3v) is 3.44. The fourth-order valence-corrected chi connectivity index (χ4v) is 2.26. The van der Waals surface area contributed by atoms with Crippen LogP contribution in [-0.2, 0) is 6.54 Å². The molecule has 2 rings (SSSR count). The third kappa shape index (κ3) is 3.32. The largest absolute Gasteiger partial charge is 0.365 e. The number of hydrogen-bond acceptors (Lipinski definition) is 1. The normalized spacial score (nSPS) is 10.5.